The van der Waals surface area contributed by atoms with Gasteiger partial charge in [0.1, 0.15) is 0 Å². The number of hydrogen-bond acceptors (Lipinski definition) is 2. The molecule has 1 atom stereocenters. The van der Waals surface area contributed by atoms with Crippen molar-refractivity contribution in [3.63, 3.8) is 0 Å². The largest absolute Gasteiger partial charge is 0.330 e. The second-order valence-electron chi connectivity index (χ2n) is 3.87. The molecule has 74 valence electrons. The maximum Gasteiger partial charge on any atom is -0.00459 e. The minimum absolute atomic E-state index is 0.712. The molecule has 0 heterocycles. The van der Waals surface area contributed by atoms with Crippen molar-refractivity contribution in [1.82, 2.24) is 5.32 Å². The lowest BCUT2D eigenvalue weighted by Gasteiger charge is -2.16. The fourth-order valence-electron chi connectivity index (χ4n) is 1.48. The molecule has 0 aromatic carbocycles. The highest BCUT2D eigenvalue weighted by atomic mass is 14.8. The summed E-state index contributed by atoms with van der Waals surface area (Å²) in [6.45, 7) is 9.68. The van der Waals surface area contributed by atoms with Gasteiger partial charge in [0.05, 0.1) is 0 Å². The Morgan fingerprint density at radius 1 is 1.33 bits per heavy atom. The van der Waals surface area contributed by atoms with Crippen molar-refractivity contribution in [2.45, 2.75) is 33.6 Å². The molecule has 12 heavy (non-hydrogen) atoms. The van der Waals surface area contributed by atoms with Crippen molar-refractivity contribution in [3.05, 3.63) is 0 Å². The van der Waals surface area contributed by atoms with Gasteiger partial charge < -0.3 is 11.1 Å². The molecule has 0 aliphatic rings. The molecule has 0 aliphatic carbocycles. The minimum atomic E-state index is 0.712. The lowest BCUT2D eigenvalue weighted by Crippen LogP contribution is -2.23. The Bertz CT molecular complexity index is 91.8. The van der Waals surface area contributed by atoms with Crippen molar-refractivity contribution in [1.29, 1.82) is 0 Å². The molecule has 0 spiro atoms. The van der Waals surface area contributed by atoms with Crippen molar-refractivity contribution in [2.75, 3.05) is 19.6 Å². The fraction of sp³-hybridized carbons (Fsp3) is 1.00. The second-order valence-corrected chi connectivity index (χ2v) is 3.87. The highest BCUT2D eigenvalue weighted by Gasteiger charge is 2.07. The van der Waals surface area contributed by atoms with Crippen LogP contribution in [-0.4, -0.2) is 19.6 Å². The van der Waals surface area contributed by atoms with Crippen molar-refractivity contribution >= 4 is 0 Å². The lowest BCUT2D eigenvalue weighted by molar-refractivity contribution is 0.387. The molecule has 2 nitrogen and oxygen atoms in total. The molecule has 0 saturated heterocycles. The molecular formula is C10H24N2. The van der Waals surface area contributed by atoms with E-state index in [1.165, 1.54) is 12.8 Å². The average Bonchev–Trinajstić information content (AvgIpc) is 2.02. The summed E-state index contributed by atoms with van der Waals surface area (Å²) in [5, 5.41) is 3.33. The maximum absolute atomic E-state index is 5.68. The maximum atomic E-state index is 5.68. The van der Waals surface area contributed by atoms with Crippen LogP contribution >= 0.6 is 0 Å². The third-order valence-electron chi connectivity index (χ3n) is 2.12. The van der Waals surface area contributed by atoms with Gasteiger partial charge in [-0.2, -0.15) is 0 Å². The van der Waals surface area contributed by atoms with Crippen LogP contribution in [0.15, 0.2) is 0 Å². The molecule has 1 unspecified atom stereocenters. The first-order valence-corrected chi connectivity index (χ1v) is 5.11. The summed E-state index contributed by atoms with van der Waals surface area (Å²) in [5.41, 5.74) is 5.68. The van der Waals surface area contributed by atoms with Gasteiger partial charge >= 0.3 is 0 Å². The van der Waals surface area contributed by atoms with Gasteiger partial charge in [0.2, 0.25) is 0 Å². The zero-order valence-electron chi connectivity index (χ0n) is 8.77. The summed E-state index contributed by atoms with van der Waals surface area (Å²) in [6.07, 6.45) is 2.49. The van der Waals surface area contributed by atoms with Crippen LogP contribution in [0.25, 0.3) is 0 Å². The van der Waals surface area contributed by atoms with E-state index in [1.54, 1.807) is 0 Å². The van der Waals surface area contributed by atoms with Crippen LogP contribution in [0, 0.1) is 11.8 Å². The first-order valence-electron chi connectivity index (χ1n) is 5.11. The summed E-state index contributed by atoms with van der Waals surface area (Å²) in [6, 6.07) is 0. The summed E-state index contributed by atoms with van der Waals surface area (Å²) in [5.74, 6) is 1.49. The van der Waals surface area contributed by atoms with Gasteiger partial charge in [0.25, 0.3) is 0 Å². The predicted octanol–water partition coefficient (Wildman–Crippen LogP) is 1.61. The fourth-order valence-corrected chi connectivity index (χ4v) is 1.48. The predicted molar refractivity (Wildman–Crippen MR) is 55.2 cm³/mol. The topological polar surface area (TPSA) is 38.0 Å². The number of nitrogens with two attached hydrogens (primary N) is 1. The Labute approximate surface area is 76.9 Å². The zero-order chi connectivity index (χ0) is 9.40. The second kappa shape index (κ2) is 7.56. The van der Waals surface area contributed by atoms with E-state index in [-0.39, 0.29) is 0 Å². The van der Waals surface area contributed by atoms with E-state index in [4.69, 9.17) is 5.73 Å². The molecule has 0 aliphatic heterocycles. The normalized spacial score (nSPS) is 13.8. The van der Waals surface area contributed by atoms with Gasteiger partial charge in [-0.1, -0.05) is 20.8 Å². The standard InChI is InChI=1S/C10H24N2/c1-4-12-6-5-10(8-11)7-9(2)3/h9-10,12H,4-8,11H2,1-3H3. The van der Waals surface area contributed by atoms with E-state index in [2.05, 4.69) is 26.1 Å². The number of nitrogens with one attached hydrogen (secondary N) is 1. The SMILES string of the molecule is CCNCCC(CN)CC(C)C. The van der Waals surface area contributed by atoms with Gasteiger partial charge in [-0.15, -0.1) is 0 Å². The van der Waals surface area contributed by atoms with E-state index in [0.29, 0.717) is 5.92 Å². The first-order chi connectivity index (χ1) is 5.70. The highest BCUT2D eigenvalue weighted by molar-refractivity contribution is 4.63. The summed E-state index contributed by atoms with van der Waals surface area (Å²) in [7, 11) is 0. The van der Waals surface area contributed by atoms with Crippen LogP contribution in [-0.2, 0) is 0 Å². The van der Waals surface area contributed by atoms with E-state index < -0.39 is 0 Å². The molecule has 3 N–H and O–H groups in total. The first kappa shape index (κ1) is 11.9. The molecular weight excluding hydrogens is 148 g/mol. The average molecular weight is 172 g/mol. The quantitative estimate of drug-likeness (QED) is 0.573. The molecule has 0 saturated carbocycles. The Hall–Kier alpha value is -0.0800. The molecule has 0 radical (unpaired) electrons. The van der Waals surface area contributed by atoms with Crippen LogP contribution in [0.3, 0.4) is 0 Å². The van der Waals surface area contributed by atoms with Gasteiger partial charge in [0.15, 0.2) is 0 Å². The van der Waals surface area contributed by atoms with Crippen LogP contribution < -0.4 is 11.1 Å². The van der Waals surface area contributed by atoms with Crippen LogP contribution in [0.2, 0.25) is 0 Å². The monoisotopic (exact) mass is 172 g/mol. The van der Waals surface area contributed by atoms with Gasteiger partial charge in [0, 0.05) is 0 Å². The minimum Gasteiger partial charge on any atom is -0.330 e. The van der Waals surface area contributed by atoms with Crippen LogP contribution in [0.4, 0.5) is 0 Å². The zero-order valence-corrected chi connectivity index (χ0v) is 8.77. The number of hydrogen-bond donors (Lipinski definition) is 2. The van der Waals surface area contributed by atoms with Crippen LogP contribution in [0.5, 0.6) is 0 Å². The molecule has 0 aromatic heterocycles. The molecule has 0 bridgehead atoms. The van der Waals surface area contributed by atoms with Crippen molar-refractivity contribution in [2.24, 2.45) is 17.6 Å². The van der Waals surface area contributed by atoms with Crippen molar-refractivity contribution < 1.29 is 0 Å². The van der Waals surface area contributed by atoms with E-state index >= 15 is 0 Å². The molecule has 0 amide bonds. The Balaban J connectivity index is 3.39. The Morgan fingerprint density at radius 2 is 2.00 bits per heavy atom. The molecule has 2 heteroatoms. The van der Waals surface area contributed by atoms with Gasteiger partial charge in [-0.25, -0.2) is 0 Å². The van der Waals surface area contributed by atoms with Crippen molar-refractivity contribution in [3.8, 4) is 0 Å². The van der Waals surface area contributed by atoms with E-state index in [1.807, 2.05) is 0 Å². The smallest absolute Gasteiger partial charge is 0.00459 e. The van der Waals surface area contributed by atoms with Gasteiger partial charge in [-0.3, -0.25) is 0 Å². The summed E-state index contributed by atoms with van der Waals surface area (Å²) < 4.78 is 0. The van der Waals surface area contributed by atoms with E-state index in [9.17, 15) is 0 Å². The van der Waals surface area contributed by atoms with E-state index in [0.717, 1.165) is 25.6 Å². The molecule has 0 rings (SSSR count). The summed E-state index contributed by atoms with van der Waals surface area (Å²) >= 11 is 0. The third-order valence-corrected chi connectivity index (χ3v) is 2.12. The van der Waals surface area contributed by atoms with Gasteiger partial charge in [-0.05, 0) is 44.3 Å². The highest BCUT2D eigenvalue weighted by Crippen LogP contribution is 2.13. The molecule has 0 aromatic rings. The Kier molecular flexibility index (Phi) is 7.51. The number of rotatable bonds is 7. The summed E-state index contributed by atoms with van der Waals surface area (Å²) in [4.78, 5) is 0. The van der Waals surface area contributed by atoms with Crippen LogP contribution in [0.1, 0.15) is 33.6 Å². The molecule has 0 fully saturated rings. The Morgan fingerprint density at radius 3 is 2.42 bits per heavy atom. The lowest BCUT2D eigenvalue weighted by atomic mass is 9.94. The third kappa shape index (κ3) is 6.62.